The zero-order valence-electron chi connectivity index (χ0n) is 11.3. The maximum absolute atomic E-state index is 5.87. The van der Waals surface area contributed by atoms with Gasteiger partial charge in [0.05, 0.1) is 0 Å². The Bertz CT molecular complexity index is 744. The highest BCUT2D eigenvalue weighted by Gasteiger charge is 2.10. The molecule has 1 nitrogen and oxygen atoms in total. The average Bonchev–Trinajstić information content (AvgIpc) is 2.49. The smallest absolute Gasteiger partial charge is 0.0320 e. The zero-order chi connectivity index (χ0) is 13.9. The van der Waals surface area contributed by atoms with Gasteiger partial charge in [-0.25, -0.2) is 0 Å². The van der Waals surface area contributed by atoms with E-state index >= 15 is 0 Å². The van der Waals surface area contributed by atoms with E-state index < -0.39 is 0 Å². The molecule has 0 aromatic heterocycles. The molecule has 20 heavy (non-hydrogen) atoms. The van der Waals surface area contributed by atoms with E-state index in [1.165, 1.54) is 21.9 Å². The largest absolute Gasteiger partial charge is 0.399 e. The van der Waals surface area contributed by atoms with E-state index in [4.69, 9.17) is 5.73 Å². The number of hydrogen-bond donors (Lipinski definition) is 1. The van der Waals surface area contributed by atoms with Gasteiger partial charge < -0.3 is 5.73 Å². The molecule has 0 saturated heterocycles. The molecule has 0 radical (unpaired) electrons. The van der Waals surface area contributed by atoms with Crippen molar-refractivity contribution in [1.82, 2.24) is 0 Å². The minimum Gasteiger partial charge on any atom is -0.399 e. The van der Waals surface area contributed by atoms with Crippen LogP contribution in [0.2, 0.25) is 0 Å². The summed E-state index contributed by atoms with van der Waals surface area (Å²) in [6.45, 7) is 3.99. The van der Waals surface area contributed by atoms with Crippen LogP contribution in [0.15, 0.2) is 79.4 Å². The van der Waals surface area contributed by atoms with Crippen molar-refractivity contribution in [3.05, 3.63) is 90.5 Å². The Morgan fingerprint density at radius 1 is 0.800 bits per heavy atom. The van der Waals surface area contributed by atoms with Gasteiger partial charge in [0.25, 0.3) is 0 Å². The Balaban J connectivity index is 2.10. The summed E-state index contributed by atoms with van der Waals surface area (Å²) in [5.74, 6) is 0.210. The van der Waals surface area contributed by atoms with Crippen molar-refractivity contribution >= 4 is 16.5 Å². The third kappa shape index (κ3) is 2.30. The van der Waals surface area contributed by atoms with Crippen LogP contribution in [0, 0.1) is 0 Å². The molecule has 1 atom stereocenters. The predicted molar refractivity (Wildman–Crippen MR) is 86.8 cm³/mol. The van der Waals surface area contributed by atoms with Gasteiger partial charge in [0.15, 0.2) is 0 Å². The number of rotatable bonds is 3. The summed E-state index contributed by atoms with van der Waals surface area (Å²) >= 11 is 0. The van der Waals surface area contributed by atoms with Crippen molar-refractivity contribution in [2.24, 2.45) is 0 Å². The summed E-state index contributed by atoms with van der Waals surface area (Å²) in [4.78, 5) is 0. The summed E-state index contributed by atoms with van der Waals surface area (Å²) in [7, 11) is 0. The van der Waals surface area contributed by atoms with E-state index in [9.17, 15) is 0 Å². The Hall–Kier alpha value is -2.54. The van der Waals surface area contributed by atoms with Crippen LogP contribution in [-0.4, -0.2) is 0 Å². The van der Waals surface area contributed by atoms with Crippen molar-refractivity contribution < 1.29 is 0 Å². The zero-order valence-corrected chi connectivity index (χ0v) is 11.3. The maximum Gasteiger partial charge on any atom is 0.0320 e. The highest BCUT2D eigenvalue weighted by molar-refractivity contribution is 5.86. The van der Waals surface area contributed by atoms with E-state index in [2.05, 4.69) is 55.1 Å². The lowest BCUT2D eigenvalue weighted by Gasteiger charge is -2.14. The molecule has 0 aliphatic carbocycles. The van der Waals surface area contributed by atoms with Crippen molar-refractivity contribution in [3.63, 3.8) is 0 Å². The third-order valence-electron chi connectivity index (χ3n) is 3.64. The first-order chi connectivity index (χ1) is 9.78. The fourth-order valence-electron chi connectivity index (χ4n) is 2.60. The van der Waals surface area contributed by atoms with E-state index in [0.29, 0.717) is 0 Å². The summed E-state index contributed by atoms with van der Waals surface area (Å²) in [5, 5.41) is 2.38. The molecule has 0 amide bonds. The molecule has 0 spiro atoms. The summed E-state index contributed by atoms with van der Waals surface area (Å²) < 4.78 is 0. The van der Waals surface area contributed by atoms with Crippen LogP contribution < -0.4 is 5.73 Å². The topological polar surface area (TPSA) is 26.0 Å². The molecule has 0 heterocycles. The predicted octanol–water partition coefficient (Wildman–Crippen LogP) is 4.74. The minimum atomic E-state index is 0.210. The fourth-order valence-corrected chi connectivity index (χ4v) is 2.60. The van der Waals surface area contributed by atoms with Crippen LogP contribution >= 0.6 is 0 Å². The number of fused-ring (bicyclic) bond motifs is 1. The fraction of sp³-hybridized carbons (Fsp3) is 0.0526. The molecule has 3 aromatic rings. The van der Waals surface area contributed by atoms with Gasteiger partial charge in [0, 0.05) is 11.6 Å². The highest BCUT2D eigenvalue weighted by Crippen LogP contribution is 2.29. The molecule has 2 N–H and O–H groups in total. The molecule has 3 rings (SSSR count). The van der Waals surface area contributed by atoms with Crippen LogP contribution in [0.1, 0.15) is 17.0 Å². The first-order valence-corrected chi connectivity index (χ1v) is 6.74. The number of allylic oxidation sites excluding steroid dienone is 1. The van der Waals surface area contributed by atoms with E-state index in [0.717, 1.165) is 5.69 Å². The van der Waals surface area contributed by atoms with Gasteiger partial charge in [0.2, 0.25) is 0 Å². The van der Waals surface area contributed by atoms with Crippen LogP contribution in [0.25, 0.3) is 10.8 Å². The molecular formula is C19H17N. The van der Waals surface area contributed by atoms with Crippen LogP contribution in [0.3, 0.4) is 0 Å². The Labute approximate surface area is 119 Å². The van der Waals surface area contributed by atoms with Crippen LogP contribution in [-0.2, 0) is 0 Å². The SMILES string of the molecule is C=CC(c1ccccc1)c1ccc2ccc(N)cc2c1. The number of nitrogen functional groups attached to an aromatic ring is 1. The van der Waals surface area contributed by atoms with Gasteiger partial charge >= 0.3 is 0 Å². The van der Waals surface area contributed by atoms with Gasteiger partial charge in [-0.3, -0.25) is 0 Å². The molecule has 0 saturated carbocycles. The quantitative estimate of drug-likeness (QED) is 0.533. The lowest BCUT2D eigenvalue weighted by Crippen LogP contribution is -1.97. The van der Waals surface area contributed by atoms with Gasteiger partial charge in [-0.2, -0.15) is 0 Å². The van der Waals surface area contributed by atoms with Crippen LogP contribution in [0.5, 0.6) is 0 Å². The second-order valence-corrected chi connectivity index (χ2v) is 4.99. The first kappa shape index (κ1) is 12.5. The van der Waals surface area contributed by atoms with Crippen molar-refractivity contribution in [2.45, 2.75) is 5.92 Å². The number of hydrogen-bond acceptors (Lipinski definition) is 1. The molecule has 98 valence electrons. The first-order valence-electron chi connectivity index (χ1n) is 6.74. The molecular weight excluding hydrogens is 242 g/mol. The molecule has 0 aliphatic rings. The number of anilines is 1. The number of benzene rings is 3. The number of nitrogens with two attached hydrogens (primary N) is 1. The molecule has 0 fully saturated rings. The standard InChI is InChI=1S/C19H17N/c1-2-19(15-6-4-3-5-7-15)16-9-8-14-10-11-18(20)13-17(14)12-16/h2-13,19H,1,20H2. The highest BCUT2D eigenvalue weighted by atomic mass is 14.5. The van der Waals surface area contributed by atoms with Crippen LogP contribution in [0.4, 0.5) is 5.69 Å². The monoisotopic (exact) mass is 259 g/mol. The average molecular weight is 259 g/mol. The molecule has 0 bridgehead atoms. The summed E-state index contributed by atoms with van der Waals surface area (Å²) in [6, 6.07) is 22.9. The second kappa shape index (κ2) is 5.22. The minimum absolute atomic E-state index is 0.210. The van der Waals surface area contributed by atoms with Gasteiger partial charge in [0.1, 0.15) is 0 Å². The second-order valence-electron chi connectivity index (χ2n) is 4.99. The molecule has 1 unspecified atom stereocenters. The Morgan fingerprint density at radius 2 is 1.55 bits per heavy atom. The Morgan fingerprint density at radius 3 is 2.30 bits per heavy atom. The molecule has 1 heteroatoms. The maximum atomic E-state index is 5.87. The van der Waals surface area contributed by atoms with E-state index in [1.54, 1.807) is 0 Å². The molecule has 3 aromatic carbocycles. The summed E-state index contributed by atoms with van der Waals surface area (Å²) in [5.41, 5.74) is 9.16. The van der Waals surface area contributed by atoms with Gasteiger partial charge in [-0.15, -0.1) is 6.58 Å². The normalized spacial score (nSPS) is 12.2. The van der Waals surface area contributed by atoms with Crippen molar-refractivity contribution in [3.8, 4) is 0 Å². The lowest BCUT2D eigenvalue weighted by molar-refractivity contribution is 1.03. The van der Waals surface area contributed by atoms with Gasteiger partial charge in [-0.1, -0.05) is 60.7 Å². The van der Waals surface area contributed by atoms with Gasteiger partial charge in [-0.05, 0) is 34.0 Å². The Kier molecular flexibility index (Phi) is 3.26. The lowest BCUT2D eigenvalue weighted by atomic mass is 9.90. The van der Waals surface area contributed by atoms with Crippen molar-refractivity contribution in [2.75, 3.05) is 5.73 Å². The van der Waals surface area contributed by atoms with E-state index in [1.807, 2.05) is 24.3 Å². The third-order valence-corrected chi connectivity index (χ3v) is 3.64. The van der Waals surface area contributed by atoms with Crippen molar-refractivity contribution in [1.29, 1.82) is 0 Å². The van der Waals surface area contributed by atoms with E-state index in [-0.39, 0.29) is 5.92 Å². The molecule has 0 aliphatic heterocycles. The summed E-state index contributed by atoms with van der Waals surface area (Å²) in [6.07, 6.45) is 1.99.